The van der Waals surface area contributed by atoms with Crippen molar-refractivity contribution < 1.29 is 9.53 Å². The van der Waals surface area contributed by atoms with Crippen LogP contribution in [0.1, 0.15) is 35.8 Å². The summed E-state index contributed by atoms with van der Waals surface area (Å²) in [4.78, 5) is 19.8. The van der Waals surface area contributed by atoms with Gasteiger partial charge < -0.3 is 4.74 Å². The number of carbonyl (C=O) groups excluding carboxylic acids is 1. The maximum Gasteiger partial charge on any atom is 0.357 e. The second-order valence-corrected chi connectivity index (χ2v) is 4.65. The number of pyridine rings is 2. The highest BCUT2D eigenvalue weighted by atomic mass is 35.5. The average molecular weight is 265 g/mol. The van der Waals surface area contributed by atoms with Crippen LogP contribution in [0.15, 0.2) is 18.5 Å². The minimum atomic E-state index is -0.473. The lowest BCUT2D eigenvalue weighted by Gasteiger charge is -2.11. The fourth-order valence-corrected chi connectivity index (χ4v) is 2.01. The van der Waals surface area contributed by atoms with Crippen LogP contribution in [-0.4, -0.2) is 23.0 Å². The number of halogens is 1. The summed E-state index contributed by atoms with van der Waals surface area (Å²) in [6, 6.07) is 1.75. The van der Waals surface area contributed by atoms with E-state index < -0.39 is 5.97 Å². The first-order valence-electron chi connectivity index (χ1n) is 5.57. The summed E-state index contributed by atoms with van der Waals surface area (Å²) in [6.45, 7) is 4.12. The second kappa shape index (κ2) is 4.90. The van der Waals surface area contributed by atoms with Crippen molar-refractivity contribution in [1.82, 2.24) is 9.97 Å². The molecule has 0 aliphatic carbocycles. The number of methoxy groups -OCH3 is 1. The van der Waals surface area contributed by atoms with Gasteiger partial charge in [0.2, 0.25) is 0 Å². The predicted molar refractivity (Wildman–Crippen MR) is 70.0 cm³/mol. The smallest absolute Gasteiger partial charge is 0.357 e. The molecule has 2 heterocycles. The molecule has 2 aromatic rings. The van der Waals surface area contributed by atoms with Crippen molar-refractivity contribution in [2.24, 2.45) is 0 Å². The molecule has 0 saturated carbocycles. The van der Waals surface area contributed by atoms with Gasteiger partial charge in [-0.1, -0.05) is 25.4 Å². The fraction of sp³-hybridized carbons (Fsp3) is 0.308. The molecule has 0 unspecified atom stereocenters. The zero-order valence-electron chi connectivity index (χ0n) is 10.4. The standard InChI is InChI=1S/C13H13ClN2O2/c1-7(2)9-5-16-12(13(17)18-3)10-6-15-11(14)4-8(9)10/h4-7H,1-3H3. The van der Waals surface area contributed by atoms with E-state index in [1.54, 1.807) is 18.5 Å². The van der Waals surface area contributed by atoms with E-state index in [0.29, 0.717) is 10.5 Å². The molecule has 0 atom stereocenters. The molecule has 0 bridgehead atoms. The van der Waals surface area contributed by atoms with E-state index in [0.717, 1.165) is 10.9 Å². The Morgan fingerprint density at radius 2 is 2.00 bits per heavy atom. The van der Waals surface area contributed by atoms with Gasteiger partial charge in [-0.05, 0) is 22.9 Å². The summed E-state index contributed by atoms with van der Waals surface area (Å²) in [5.74, 6) is -0.190. The third-order valence-electron chi connectivity index (χ3n) is 2.77. The molecule has 18 heavy (non-hydrogen) atoms. The summed E-state index contributed by atoms with van der Waals surface area (Å²) in [5.41, 5.74) is 1.29. The minimum absolute atomic E-state index is 0.265. The van der Waals surface area contributed by atoms with E-state index in [4.69, 9.17) is 16.3 Å². The van der Waals surface area contributed by atoms with E-state index in [1.165, 1.54) is 7.11 Å². The molecule has 0 aliphatic heterocycles. The number of carbonyl (C=O) groups is 1. The van der Waals surface area contributed by atoms with Gasteiger partial charge in [0.1, 0.15) is 5.15 Å². The van der Waals surface area contributed by atoms with Gasteiger partial charge in [0, 0.05) is 17.8 Å². The molecular formula is C13H13ClN2O2. The predicted octanol–water partition coefficient (Wildman–Crippen LogP) is 3.19. The van der Waals surface area contributed by atoms with Gasteiger partial charge in [-0.25, -0.2) is 14.8 Å². The van der Waals surface area contributed by atoms with E-state index in [9.17, 15) is 4.79 Å². The normalized spacial score (nSPS) is 10.9. The van der Waals surface area contributed by atoms with E-state index in [2.05, 4.69) is 23.8 Å². The molecule has 5 heteroatoms. The highest BCUT2D eigenvalue weighted by Gasteiger charge is 2.16. The van der Waals surface area contributed by atoms with Crippen LogP contribution in [-0.2, 0) is 4.74 Å². The van der Waals surface area contributed by atoms with Gasteiger partial charge >= 0.3 is 5.97 Å². The number of esters is 1. The third kappa shape index (κ3) is 2.16. The van der Waals surface area contributed by atoms with Gasteiger partial charge in [0.15, 0.2) is 5.69 Å². The van der Waals surface area contributed by atoms with E-state index in [-0.39, 0.29) is 11.6 Å². The summed E-state index contributed by atoms with van der Waals surface area (Å²) < 4.78 is 4.71. The van der Waals surface area contributed by atoms with Crippen LogP contribution in [0.3, 0.4) is 0 Å². The molecule has 0 radical (unpaired) electrons. The van der Waals surface area contributed by atoms with Crippen molar-refractivity contribution >= 4 is 28.3 Å². The number of hydrogen-bond acceptors (Lipinski definition) is 4. The van der Waals surface area contributed by atoms with Gasteiger partial charge in [0.05, 0.1) is 7.11 Å². The summed E-state index contributed by atoms with van der Waals surface area (Å²) in [6.07, 6.45) is 3.25. The second-order valence-electron chi connectivity index (χ2n) is 4.26. The van der Waals surface area contributed by atoms with Crippen LogP contribution in [0.4, 0.5) is 0 Å². The molecule has 2 rings (SSSR count). The Labute approximate surface area is 110 Å². The molecule has 2 aromatic heterocycles. The number of ether oxygens (including phenoxy) is 1. The van der Waals surface area contributed by atoms with Crippen LogP contribution in [0.5, 0.6) is 0 Å². The lowest BCUT2D eigenvalue weighted by molar-refractivity contribution is 0.0596. The largest absolute Gasteiger partial charge is 0.464 e. The van der Waals surface area contributed by atoms with Crippen molar-refractivity contribution in [3.63, 3.8) is 0 Å². The average Bonchev–Trinajstić information content (AvgIpc) is 2.35. The number of rotatable bonds is 2. The lowest BCUT2D eigenvalue weighted by Crippen LogP contribution is -2.07. The SMILES string of the molecule is COC(=O)c1ncc(C(C)C)c2cc(Cl)ncc12. The van der Waals surface area contributed by atoms with Crippen molar-refractivity contribution in [1.29, 1.82) is 0 Å². The highest BCUT2D eigenvalue weighted by Crippen LogP contribution is 2.28. The van der Waals surface area contributed by atoms with Gasteiger partial charge in [-0.15, -0.1) is 0 Å². The van der Waals surface area contributed by atoms with Crippen LogP contribution in [0, 0.1) is 0 Å². The van der Waals surface area contributed by atoms with Crippen molar-refractivity contribution in [2.75, 3.05) is 7.11 Å². The molecule has 0 N–H and O–H groups in total. The van der Waals surface area contributed by atoms with Crippen molar-refractivity contribution in [3.8, 4) is 0 Å². The van der Waals surface area contributed by atoms with E-state index >= 15 is 0 Å². The first-order valence-corrected chi connectivity index (χ1v) is 5.95. The highest BCUT2D eigenvalue weighted by molar-refractivity contribution is 6.30. The molecular weight excluding hydrogens is 252 g/mol. The van der Waals surface area contributed by atoms with Crippen molar-refractivity contribution in [2.45, 2.75) is 19.8 Å². The minimum Gasteiger partial charge on any atom is -0.464 e. The van der Waals surface area contributed by atoms with Crippen LogP contribution < -0.4 is 0 Å². The van der Waals surface area contributed by atoms with Crippen molar-refractivity contribution in [3.05, 3.63) is 34.9 Å². The Morgan fingerprint density at radius 1 is 1.28 bits per heavy atom. The monoisotopic (exact) mass is 264 g/mol. The number of fused-ring (bicyclic) bond motifs is 1. The Bertz CT molecular complexity index is 611. The molecule has 0 amide bonds. The van der Waals surface area contributed by atoms with Crippen LogP contribution in [0.25, 0.3) is 10.8 Å². The first-order chi connectivity index (χ1) is 8.54. The molecule has 0 aromatic carbocycles. The zero-order chi connectivity index (χ0) is 13.3. The number of aromatic nitrogens is 2. The summed E-state index contributed by atoms with van der Waals surface area (Å²) >= 11 is 5.91. The molecule has 0 fully saturated rings. The molecule has 4 nitrogen and oxygen atoms in total. The van der Waals surface area contributed by atoms with Gasteiger partial charge in [0.25, 0.3) is 0 Å². The van der Waals surface area contributed by atoms with E-state index in [1.807, 2.05) is 0 Å². The quantitative estimate of drug-likeness (QED) is 0.617. The first kappa shape index (κ1) is 12.8. The summed E-state index contributed by atoms with van der Waals surface area (Å²) in [5, 5.41) is 1.95. The fourth-order valence-electron chi connectivity index (χ4n) is 1.85. The maximum absolute atomic E-state index is 11.6. The molecule has 0 saturated heterocycles. The number of nitrogens with zero attached hydrogens (tertiary/aromatic N) is 2. The molecule has 0 aliphatic rings. The number of hydrogen-bond donors (Lipinski definition) is 0. The third-order valence-corrected chi connectivity index (χ3v) is 2.98. The van der Waals surface area contributed by atoms with Crippen LogP contribution in [0.2, 0.25) is 5.15 Å². The molecule has 0 spiro atoms. The Morgan fingerprint density at radius 3 is 2.61 bits per heavy atom. The Hall–Kier alpha value is -1.68. The van der Waals surface area contributed by atoms with Gasteiger partial charge in [-0.3, -0.25) is 0 Å². The topological polar surface area (TPSA) is 52.1 Å². The van der Waals surface area contributed by atoms with Crippen LogP contribution >= 0.6 is 11.6 Å². The molecule has 94 valence electrons. The summed E-state index contributed by atoms with van der Waals surface area (Å²) in [7, 11) is 1.33. The maximum atomic E-state index is 11.6. The lowest BCUT2D eigenvalue weighted by atomic mass is 9.98. The van der Waals surface area contributed by atoms with Gasteiger partial charge in [-0.2, -0.15) is 0 Å². The zero-order valence-corrected chi connectivity index (χ0v) is 11.2. The Balaban J connectivity index is 2.79. The Kier molecular flexibility index (Phi) is 3.48.